The normalized spacial score (nSPS) is 14.6. The van der Waals surface area contributed by atoms with E-state index in [1.807, 2.05) is 6.07 Å². The minimum Gasteiger partial charge on any atom is -0.493 e. The standard InChI is InChI=1S/C19H25N3O5S2/c1-26-16-7-5-14(11-17(16)27-2)12-20-19(23)21-13-15-6-8-18(28-15)29(24,25)22-9-3-4-10-22/h5-8,11H,3-4,9-10,12-13H2,1-2H3,(H2,20,21,23). The van der Waals surface area contributed by atoms with Crippen LogP contribution in [-0.2, 0) is 23.1 Å². The van der Waals surface area contributed by atoms with Crippen molar-refractivity contribution in [2.75, 3.05) is 27.3 Å². The second-order valence-electron chi connectivity index (χ2n) is 6.56. The highest BCUT2D eigenvalue weighted by Crippen LogP contribution is 2.28. The van der Waals surface area contributed by atoms with Crippen LogP contribution in [0.15, 0.2) is 34.5 Å². The summed E-state index contributed by atoms with van der Waals surface area (Å²) in [6.07, 6.45) is 1.80. The Hall–Kier alpha value is -2.30. The highest BCUT2D eigenvalue weighted by atomic mass is 32.2. The van der Waals surface area contributed by atoms with E-state index in [0.717, 1.165) is 23.3 Å². The van der Waals surface area contributed by atoms with Gasteiger partial charge in [0, 0.05) is 24.5 Å². The van der Waals surface area contributed by atoms with E-state index in [-0.39, 0.29) is 12.6 Å². The zero-order chi connectivity index (χ0) is 20.9. The molecule has 0 bridgehead atoms. The Kier molecular flexibility index (Phi) is 6.99. The Labute approximate surface area is 174 Å². The van der Waals surface area contributed by atoms with Gasteiger partial charge in [0.1, 0.15) is 4.21 Å². The molecule has 29 heavy (non-hydrogen) atoms. The molecule has 0 unspecified atom stereocenters. The molecule has 0 atom stereocenters. The van der Waals surface area contributed by atoms with Crippen molar-refractivity contribution in [3.05, 3.63) is 40.8 Å². The van der Waals surface area contributed by atoms with Crippen molar-refractivity contribution in [1.82, 2.24) is 14.9 Å². The van der Waals surface area contributed by atoms with E-state index in [4.69, 9.17) is 9.47 Å². The Bertz CT molecular complexity index is 953. The van der Waals surface area contributed by atoms with Crippen molar-refractivity contribution in [2.24, 2.45) is 0 Å². The SMILES string of the molecule is COc1ccc(CNC(=O)NCc2ccc(S(=O)(=O)N3CCCC3)s2)cc1OC. The molecule has 2 heterocycles. The smallest absolute Gasteiger partial charge is 0.315 e. The lowest BCUT2D eigenvalue weighted by Crippen LogP contribution is -2.34. The summed E-state index contributed by atoms with van der Waals surface area (Å²) in [4.78, 5) is 12.9. The molecule has 2 aromatic rings. The van der Waals surface area contributed by atoms with Gasteiger partial charge in [0.15, 0.2) is 11.5 Å². The first-order valence-corrected chi connectivity index (χ1v) is 11.5. The van der Waals surface area contributed by atoms with E-state index < -0.39 is 10.0 Å². The maximum atomic E-state index is 12.6. The summed E-state index contributed by atoms with van der Waals surface area (Å²) in [6.45, 7) is 1.74. The van der Waals surface area contributed by atoms with E-state index in [0.29, 0.717) is 35.3 Å². The van der Waals surface area contributed by atoms with Crippen molar-refractivity contribution in [1.29, 1.82) is 0 Å². The number of amides is 2. The largest absolute Gasteiger partial charge is 0.493 e. The van der Waals surface area contributed by atoms with E-state index in [9.17, 15) is 13.2 Å². The van der Waals surface area contributed by atoms with Gasteiger partial charge in [-0.15, -0.1) is 11.3 Å². The molecule has 2 amide bonds. The molecule has 0 saturated carbocycles. The first-order valence-electron chi connectivity index (χ1n) is 9.25. The molecule has 0 spiro atoms. The van der Waals surface area contributed by atoms with Gasteiger partial charge in [0.05, 0.1) is 20.8 Å². The number of rotatable bonds is 8. The molecule has 0 aliphatic carbocycles. The molecule has 0 radical (unpaired) electrons. The van der Waals surface area contributed by atoms with Gasteiger partial charge in [-0.05, 0) is 42.7 Å². The van der Waals surface area contributed by atoms with Crippen molar-refractivity contribution < 1.29 is 22.7 Å². The van der Waals surface area contributed by atoms with Crippen molar-refractivity contribution >= 4 is 27.4 Å². The molecule has 158 valence electrons. The highest BCUT2D eigenvalue weighted by Gasteiger charge is 2.28. The summed E-state index contributed by atoms with van der Waals surface area (Å²) in [5.41, 5.74) is 0.868. The average molecular weight is 440 g/mol. The van der Waals surface area contributed by atoms with Gasteiger partial charge >= 0.3 is 6.03 Å². The van der Waals surface area contributed by atoms with E-state index in [1.165, 1.54) is 15.6 Å². The fourth-order valence-corrected chi connectivity index (χ4v) is 6.02. The summed E-state index contributed by atoms with van der Waals surface area (Å²) in [5, 5.41) is 5.52. The molecule has 1 saturated heterocycles. The molecule has 2 N–H and O–H groups in total. The van der Waals surface area contributed by atoms with Crippen LogP contribution in [0.5, 0.6) is 11.5 Å². The number of hydrogen-bond donors (Lipinski definition) is 2. The summed E-state index contributed by atoms with van der Waals surface area (Å²) < 4.78 is 37.4. The number of carbonyl (C=O) groups excluding carboxylic acids is 1. The lowest BCUT2D eigenvalue weighted by atomic mass is 10.2. The number of thiophene rings is 1. The fourth-order valence-electron chi connectivity index (χ4n) is 3.05. The van der Waals surface area contributed by atoms with Gasteiger partial charge in [-0.1, -0.05) is 6.07 Å². The predicted octanol–water partition coefficient (Wildman–Crippen LogP) is 2.55. The number of benzene rings is 1. The zero-order valence-electron chi connectivity index (χ0n) is 16.4. The summed E-state index contributed by atoms with van der Waals surface area (Å²) in [5.74, 6) is 1.22. The lowest BCUT2D eigenvalue weighted by molar-refractivity contribution is 0.240. The Morgan fingerprint density at radius 1 is 1.03 bits per heavy atom. The highest BCUT2D eigenvalue weighted by molar-refractivity contribution is 7.91. The summed E-state index contributed by atoms with van der Waals surface area (Å²) in [7, 11) is -0.292. The Morgan fingerprint density at radius 3 is 2.41 bits per heavy atom. The first-order chi connectivity index (χ1) is 13.9. The number of nitrogens with one attached hydrogen (secondary N) is 2. The van der Waals surface area contributed by atoms with Crippen LogP contribution in [0.4, 0.5) is 4.79 Å². The van der Waals surface area contributed by atoms with Crippen LogP contribution in [0.25, 0.3) is 0 Å². The van der Waals surface area contributed by atoms with Gasteiger partial charge in [-0.25, -0.2) is 13.2 Å². The second kappa shape index (κ2) is 9.47. The minimum atomic E-state index is -3.41. The van der Waals surface area contributed by atoms with Gasteiger partial charge in [-0.3, -0.25) is 0 Å². The Morgan fingerprint density at radius 2 is 1.72 bits per heavy atom. The van der Waals surface area contributed by atoms with Gasteiger partial charge in [0.2, 0.25) is 0 Å². The molecule has 1 fully saturated rings. The third kappa shape index (κ3) is 5.20. The number of hydrogen-bond acceptors (Lipinski definition) is 6. The maximum absolute atomic E-state index is 12.6. The van der Waals surface area contributed by atoms with Gasteiger partial charge < -0.3 is 20.1 Å². The molecular weight excluding hydrogens is 414 g/mol. The second-order valence-corrected chi connectivity index (χ2v) is 9.89. The molecular formula is C19H25N3O5S2. The summed E-state index contributed by atoms with van der Waals surface area (Å²) in [6, 6.07) is 8.43. The van der Waals surface area contributed by atoms with Crippen LogP contribution in [0.3, 0.4) is 0 Å². The number of urea groups is 1. The van der Waals surface area contributed by atoms with Crippen LogP contribution in [-0.4, -0.2) is 46.1 Å². The number of carbonyl (C=O) groups is 1. The monoisotopic (exact) mass is 439 g/mol. The number of sulfonamides is 1. The van der Waals surface area contributed by atoms with E-state index in [2.05, 4.69) is 10.6 Å². The van der Waals surface area contributed by atoms with Crippen LogP contribution >= 0.6 is 11.3 Å². The van der Waals surface area contributed by atoms with Crippen molar-refractivity contribution in [3.63, 3.8) is 0 Å². The third-order valence-electron chi connectivity index (χ3n) is 4.62. The van der Waals surface area contributed by atoms with Crippen molar-refractivity contribution in [3.8, 4) is 11.5 Å². The molecule has 8 nitrogen and oxygen atoms in total. The van der Waals surface area contributed by atoms with Crippen LogP contribution in [0, 0.1) is 0 Å². The molecule has 1 aromatic carbocycles. The fraction of sp³-hybridized carbons (Fsp3) is 0.421. The van der Waals surface area contributed by atoms with Gasteiger partial charge in [0.25, 0.3) is 10.0 Å². The predicted molar refractivity (Wildman–Crippen MR) is 111 cm³/mol. The molecule has 1 aliphatic heterocycles. The van der Waals surface area contributed by atoms with Crippen LogP contribution in [0.2, 0.25) is 0 Å². The average Bonchev–Trinajstić information content (AvgIpc) is 3.43. The number of ether oxygens (including phenoxy) is 2. The number of methoxy groups -OCH3 is 2. The topological polar surface area (TPSA) is 97.0 Å². The third-order valence-corrected chi connectivity index (χ3v) is 8.07. The summed E-state index contributed by atoms with van der Waals surface area (Å²) >= 11 is 1.19. The molecule has 3 rings (SSSR count). The van der Waals surface area contributed by atoms with Crippen LogP contribution < -0.4 is 20.1 Å². The molecule has 1 aromatic heterocycles. The zero-order valence-corrected chi connectivity index (χ0v) is 18.1. The Balaban J connectivity index is 1.50. The van der Waals surface area contributed by atoms with Gasteiger partial charge in [-0.2, -0.15) is 4.31 Å². The molecule has 10 heteroatoms. The minimum absolute atomic E-state index is 0.262. The quantitative estimate of drug-likeness (QED) is 0.659. The lowest BCUT2D eigenvalue weighted by Gasteiger charge is -2.13. The van der Waals surface area contributed by atoms with E-state index >= 15 is 0 Å². The van der Waals surface area contributed by atoms with Crippen molar-refractivity contribution in [2.45, 2.75) is 30.1 Å². The van der Waals surface area contributed by atoms with Crippen LogP contribution in [0.1, 0.15) is 23.3 Å². The first kappa shape index (κ1) is 21.4. The maximum Gasteiger partial charge on any atom is 0.315 e. The van der Waals surface area contributed by atoms with E-state index in [1.54, 1.807) is 38.5 Å². The molecule has 1 aliphatic rings. The number of nitrogens with zero attached hydrogens (tertiary/aromatic N) is 1.